The van der Waals surface area contributed by atoms with Gasteiger partial charge in [0.1, 0.15) is 6.54 Å². The predicted molar refractivity (Wildman–Crippen MR) is 48.2 cm³/mol. The first kappa shape index (κ1) is 13.2. The molecule has 0 heterocycles. The van der Waals surface area contributed by atoms with Crippen LogP contribution in [0.25, 0.3) is 0 Å². The van der Waals surface area contributed by atoms with Crippen molar-refractivity contribution in [3.63, 3.8) is 0 Å². The minimum atomic E-state index is -0.946. The summed E-state index contributed by atoms with van der Waals surface area (Å²) in [4.78, 5) is 31.5. The normalized spacial score (nSPS) is 9.13. The lowest BCUT2D eigenvalue weighted by atomic mass is 10.3. The van der Waals surface area contributed by atoms with Crippen molar-refractivity contribution in [2.45, 2.75) is 12.8 Å². The summed E-state index contributed by atoms with van der Waals surface area (Å²) in [5, 5.41) is 10.4. The number of hydrogen-bond acceptors (Lipinski definition) is 5. The Hall–Kier alpha value is -1.79. The molecule has 0 bridgehead atoms. The molecule has 0 radical (unpaired) electrons. The van der Waals surface area contributed by atoms with Crippen LogP contribution in [-0.2, 0) is 19.1 Å². The highest BCUT2D eigenvalue weighted by molar-refractivity contribution is 5.77. The van der Waals surface area contributed by atoms with E-state index in [1.54, 1.807) is 0 Å². The molecular formula is C8H13NO6. The van der Waals surface area contributed by atoms with Crippen LogP contribution >= 0.6 is 0 Å². The van der Waals surface area contributed by atoms with Crippen molar-refractivity contribution in [3.05, 3.63) is 0 Å². The predicted octanol–water partition coefficient (Wildman–Crippen LogP) is -0.250. The zero-order valence-electron chi connectivity index (χ0n) is 8.32. The number of methoxy groups -OCH3 is 1. The monoisotopic (exact) mass is 219 g/mol. The third kappa shape index (κ3) is 8.54. The maximum absolute atomic E-state index is 10.9. The van der Waals surface area contributed by atoms with Crippen molar-refractivity contribution in [2.75, 3.05) is 20.3 Å². The molecule has 0 saturated heterocycles. The second kappa shape index (κ2) is 7.60. The number of carboxylic acids is 1. The van der Waals surface area contributed by atoms with Gasteiger partial charge in [-0.05, 0) is 6.42 Å². The summed E-state index contributed by atoms with van der Waals surface area (Å²) in [6, 6.07) is 0. The Balaban J connectivity index is 3.41. The third-order valence-electron chi connectivity index (χ3n) is 1.36. The van der Waals surface area contributed by atoms with Crippen molar-refractivity contribution in [1.29, 1.82) is 0 Å². The van der Waals surface area contributed by atoms with Gasteiger partial charge in [0.15, 0.2) is 0 Å². The van der Waals surface area contributed by atoms with Gasteiger partial charge in [0.2, 0.25) is 0 Å². The molecule has 7 heteroatoms. The van der Waals surface area contributed by atoms with E-state index in [0.29, 0.717) is 0 Å². The molecular weight excluding hydrogens is 206 g/mol. The van der Waals surface area contributed by atoms with Gasteiger partial charge in [-0.15, -0.1) is 0 Å². The quantitative estimate of drug-likeness (QED) is 0.471. The number of amides is 1. The minimum Gasteiger partial charge on any atom is -0.481 e. The Labute approximate surface area is 86.3 Å². The zero-order valence-corrected chi connectivity index (χ0v) is 8.32. The minimum absolute atomic E-state index is 0.0218. The van der Waals surface area contributed by atoms with E-state index in [-0.39, 0.29) is 26.0 Å². The molecule has 86 valence electrons. The van der Waals surface area contributed by atoms with E-state index in [1.165, 1.54) is 7.11 Å². The first-order valence-electron chi connectivity index (χ1n) is 4.25. The smallest absolute Gasteiger partial charge is 0.407 e. The van der Waals surface area contributed by atoms with Crippen molar-refractivity contribution >= 4 is 18.0 Å². The summed E-state index contributed by atoms with van der Waals surface area (Å²) in [7, 11) is 1.17. The maximum Gasteiger partial charge on any atom is 0.407 e. The largest absolute Gasteiger partial charge is 0.481 e. The van der Waals surface area contributed by atoms with Crippen molar-refractivity contribution in [3.8, 4) is 0 Å². The molecule has 1 amide bonds. The second-order valence-electron chi connectivity index (χ2n) is 2.56. The Morgan fingerprint density at radius 2 is 2.00 bits per heavy atom. The summed E-state index contributed by atoms with van der Waals surface area (Å²) in [6.07, 6.45) is -0.533. The van der Waals surface area contributed by atoms with Crippen molar-refractivity contribution in [1.82, 2.24) is 5.32 Å². The number of carboxylic acid groups (broad SMARTS) is 1. The van der Waals surface area contributed by atoms with Gasteiger partial charge in [0, 0.05) is 6.42 Å². The van der Waals surface area contributed by atoms with Gasteiger partial charge in [0.25, 0.3) is 0 Å². The van der Waals surface area contributed by atoms with Gasteiger partial charge in [-0.2, -0.15) is 0 Å². The van der Waals surface area contributed by atoms with Gasteiger partial charge < -0.3 is 19.9 Å². The molecule has 0 spiro atoms. The third-order valence-corrected chi connectivity index (χ3v) is 1.36. The van der Waals surface area contributed by atoms with Gasteiger partial charge in [0.05, 0.1) is 13.7 Å². The van der Waals surface area contributed by atoms with Crippen LogP contribution < -0.4 is 5.32 Å². The molecule has 7 nitrogen and oxygen atoms in total. The van der Waals surface area contributed by atoms with E-state index < -0.39 is 18.0 Å². The Bertz CT molecular complexity index is 239. The first-order chi connectivity index (χ1) is 7.06. The number of hydrogen-bond donors (Lipinski definition) is 2. The summed E-state index contributed by atoms with van der Waals surface area (Å²) < 4.78 is 8.84. The van der Waals surface area contributed by atoms with E-state index in [0.717, 1.165) is 0 Å². The van der Waals surface area contributed by atoms with E-state index >= 15 is 0 Å². The number of carbonyl (C=O) groups is 3. The number of alkyl carbamates (subject to hydrolysis) is 1. The number of carbonyl (C=O) groups excluding carboxylic acids is 2. The topological polar surface area (TPSA) is 102 Å². The van der Waals surface area contributed by atoms with Crippen LogP contribution in [0.15, 0.2) is 0 Å². The van der Waals surface area contributed by atoms with Crippen LogP contribution in [-0.4, -0.2) is 43.4 Å². The summed E-state index contributed by atoms with van der Waals surface area (Å²) in [6.45, 7) is -0.270. The molecule has 0 aromatic carbocycles. The van der Waals surface area contributed by atoms with Crippen LogP contribution in [0, 0.1) is 0 Å². The van der Waals surface area contributed by atoms with E-state index in [2.05, 4.69) is 14.8 Å². The van der Waals surface area contributed by atoms with E-state index in [4.69, 9.17) is 5.11 Å². The second-order valence-corrected chi connectivity index (χ2v) is 2.56. The standard InChI is InChI=1S/C8H13NO6/c1-14-8(13)9-5-7(12)15-4-2-3-6(10)11/h2-5H2,1H3,(H,9,13)(H,10,11). The maximum atomic E-state index is 10.9. The van der Waals surface area contributed by atoms with Crippen molar-refractivity contribution in [2.24, 2.45) is 0 Å². The van der Waals surface area contributed by atoms with Crippen LogP contribution in [0.4, 0.5) is 4.79 Å². The SMILES string of the molecule is COC(=O)NCC(=O)OCCCC(=O)O. The lowest BCUT2D eigenvalue weighted by Gasteiger charge is -2.04. The molecule has 0 saturated carbocycles. The molecule has 0 aliphatic carbocycles. The summed E-state index contributed by atoms with van der Waals surface area (Å²) in [5.41, 5.74) is 0. The molecule has 15 heavy (non-hydrogen) atoms. The Kier molecular flexibility index (Phi) is 6.69. The average molecular weight is 219 g/mol. The number of ether oxygens (including phenoxy) is 2. The number of nitrogens with one attached hydrogen (secondary N) is 1. The van der Waals surface area contributed by atoms with Crippen LogP contribution in [0.3, 0.4) is 0 Å². The number of esters is 1. The molecule has 0 fully saturated rings. The van der Waals surface area contributed by atoms with Crippen LogP contribution in [0.5, 0.6) is 0 Å². The molecule has 0 aromatic heterocycles. The molecule has 0 unspecified atom stereocenters. The molecule has 0 aliphatic heterocycles. The van der Waals surface area contributed by atoms with Crippen LogP contribution in [0.1, 0.15) is 12.8 Å². The van der Waals surface area contributed by atoms with Gasteiger partial charge >= 0.3 is 18.0 Å². The Morgan fingerprint density at radius 1 is 1.33 bits per heavy atom. The fourth-order valence-corrected chi connectivity index (χ4v) is 0.677. The van der Waals surface area contributed by atoms with Gasteiger partial charge in [-0.25, -0.2) is 4.79 Å². The fourth-order valence-electron chi connectivity index (χ4n) is 0.677. The average Bonchev–Trinajstić information content (AvgIpc) is 2.20. The molecule has 2 N–H and O–H groups in total. The number of rotatable bonds is 6. The zero-order chi connectivity index (χ0) is 11.7. The summed E-state index contributed by atoms with van der Waals surface area (Å²) in [5.74, 6) is -1.58. The highest BCUT2D eigenvalue weighted by Crippen LogP contribution is 1.90. The van der Waals surface area contributed by atoms with E-state index in [1.807, 2.05) is 0 Å². The van der Waals surface area contributed by atoms with Crippen molar-refractivity contribution < 1.29 is 29.0 Å². The highest BCUT2D eigenvalue weighted by atomic mass is 16.5. The van der Waals surface area contributed by atoms with Gasteiger partial charge in [-0.1, -0.05) is 0 Å². The Morgan fingerprint density at radius 3 is 2.53 bits per heavy atom. The highest BCUT2D eigenvalue weighted by Gasteiger charge is 2.06. The summed E-state index contributed by atoms with van der Waals surface area (Å²) >= 11 is 0. The molecule has 0 aromatic rings. The number of aliphatic carboxylic acids is 1. The lowest BCUT2D eigenvalue weighted by molar-refractivity contribution is -0.144. The molecule has 0 rings (SSSR count). The molecule has 0 aliphatic rings. The first-order valence-corrected chi connectivity index (χ1v) is 4.25. The van der Waals surface area contributed by atoms with Gasteiger partial charge in [-0.3, -0.25) is 9.59 Å². The fraction of sp³-hybridized carbons (Fsp3) is 0.625. The van der Waals surface area contributed by atoms with E-state index in [9.17, 15) is 14.4 Å². The molecule has 0 atom stereocenters. The van der Waals surface area contributed by atoms with Crippen LogP contribution in [0.2, 0.25) is 0 Å². The lowest BCUT2D eigenvalue weighted by Crippen LogP contribution is -2.30.